The highest BCUT2D eigenvalue weighted by atomic mass is 32.1. The topological polar surface area (TPSA) is 39.2 Å². The Morgan fingerprint density at radius 3 is 2.67 bits per heavy atom. The van der Waals surface area contributed by atoms with Crippen molar-refractivity contribution in [2.24, 2.45) is 0 Å². The number of aromatic nitrogens is 1. The minimum absolute atomic E-state index is 0.225. The number of hydrogen-bond acceptors (Lipinski definition) is 4. The lowest BCUT2D eigenvalue weighted by molar-refractivity contribution is -0.144. The minimum Gasteiger partial charge on any atom is -0.458 e. The van der Waals surface area contributed by atoms with E-state index < -0.39 is 0 Å². The molecule has 3 nitrogen and oxygen atoms in total. The molecule has 0 unspecified atom stereocenters. The fraction of sp³-hybridized carbons (Fsp3) is 0.100. The van der Waals surface area contributed by atoms with Crippen molar-refractivity contribution in [3.63, 3.8) is 0 Å². The van der Waals surface area contributed by atoms with E-state index in [0.717, 1.165) is 31.6 Å². The molecule has 0 aliphatic heterocycles. The lowest BCUT2D eigenvalue weighted by Gasteiger charge is -2.06. The SMILES string of the molecule is O=C(Cc1cccc2ccccc12)OCc1nc2ccccc2s1. The van der Waals surface area contributed by atoms with Crippen LogP contribution in [0.5, 0.6) is 0 Å². The fourth-order valence-corrected chi connectivity index (χ4v) is 3.66. The monoisotopic (exact) mass is 333 g/mol. The van der Waals surface area contributed by atoms with Gasteiger partial charge in [0.05, 0.1) is 16.6 Å². The third-order valence-corrected chi connectivity index (χ3v) is 4.92. The van der Waals surface area contributed by atoms with Gasteiger partial charge in [-0.2, -0.15) is 0 Å². The zero-order valence-electron chi connectivity index (χ0n) is 12.9. The van der Waals surface area contributed by atoms with E-state index in [2.05, 4.69) is 4.98 Å². The number of rotatable bonds is 4. The second kappa shape index (κ2) is 6.42. The van der Waals surface area contributed by atoms with E-state index in [1.165, 1.54) is 0 Å². The third-order valence-electron chi connectivity index (χ3n) is 3.91. The number of benzene rings is 3. The van der Waals surface area contributed by atoms with Gasteiger partial charge in [-0.1, -0.05) is 54.6 Å². The molecule has 0 saturated carbocycles. The van der Waals surface area contributed by atoms with Gasteiger partial charge in [0, 0.05) is 0 Å². The quantitative estimate of drug-likeness (QED) is 0.507. The molecular weight excluding hydrogens is 318 g/mol. The van der Waals surface area contributed by atoms with E-state index in [4.69, 9.17) is 4.74 Å². The largest absolute Gasteiger partial charge is 0.458 e. The molecule has 4 rings (SSSR count). The van der Waals surface area contributed by atoms with Gasteiger partial charge in [-0.25, -0.2) is 4.98 Å². The van der Waals surface area contributed by atoms with E-state index in [1.54, 1.807) is 11.3 Å². The molecule has 0 radical (unpaired) electrons. The highest BCUT2D eigenvalue weighted by Crippen LogP contribution is 2.23. The van der Waals surface area contributed by atoms with E-state index in [9.17, 15) is 4.79 Å². The highest BCUT2D eigenvalue weighted by Gasteiger charge is 2.10. The molecule has 0 aliphatic carbocycles. The van der Waals surface area contributed by atoms with Crippen LogP contribution in [0.15, 0.2) is 66.7 Å². The number of carbonyl (C=O) groups is 1. The van der Waals surface area contributed by atoms with Gasteiger partial charge >= 0.3 is 5.97 Å². The van der Waals surface area contributed by atoms with Gasteiger partial charge in [0.25, 0.3) is 0 Å². The summed E-state index contributed by atoms with van der Waals surface area (Å²) in [5.74, 6) is -0.231. The van der Waals surface area contributed by atoms with Gasteiger partial charge in [0.1, 0.15) is 11.6 Å². The molecule has 3 aromatic carbocycles. The first-order chi connectivity index (χ1) is 11.8. The summed E-state index contributed by atoms with van der Waals surface area (Å²) in [6.45, 7) is 0.225. The number of nitrogens with zero attached hydrogens (tertiary/aromatic N) is 1. The van der Waals surface area contributed by atoms with Gasteiger partial charge < -0.3 is 4.74 Å². The fourth-order valence-electron chi connectivity index (χ4n) is 2.78. The van der Waals surface area contributed by atoms with Crippen LogP contribution in [0.2, 0.25) is 0 Å². The Bertz CT molecular complexity index is 984. The van der Waals surface area contributed by atoms with E-state index >= 15 is 0 Å². The summed E-state index contributed by atoms with van der Waals surface area (Å²) < 4.78 is 6.53. The maximum Gasteiger partial charge on any atom is 0.310 e. The number of para-hydroxylation sites is 1. The number of ether oxygens (including phenoxy) is 1. The van der Waals surface area contributed by atoms with Crippen LogP contribution in [0, 0.1) is 0 Å². The Morgan fingerprint density at radius 1 is 0.958 bits per heavy atom. The molecule has 0 amide bonds. The molecule has 1 heterocycles. The van der Waals surface area contributed by atoms with Crippen LogP contribution in [0.1, 0.15) is 10.6 Å². The van der Waals surface area contributed by atoms with Gasteiger partial charge in [0.2, 0.25) is 0 Å². The molecule has 0 N–H and O–H groups in total. The Morgan fingerprint density at radius 2 is 1.75 bits per heavy atom. The van der Waals surface area contributed by atoms with Crippen molar-refractivity contribution in [3.8, 4) is 0 Å². The van der Waals surface area contributed by atoms with Crippen LogP contribution < -0.4 is 0 Å². The van der Waals surface area contributed by atoms with E-state index in [-0.39, 0.29) is 19.0 Å². The third kappa shape index (κ3) is 3.01. The van der Waals surface area contributed by atoms with Crippen molar-refractivity contribution in [2.75, 3.05) is 0 Å². The molecular formula is C20H15NO2S. The van der Waals surface area contributed by atoms with E-state index in [0.29, 0.717) is 0 Å². The lowest BCUT2D eigenvalue weighted by Crippen LogP contribution is -2.08. The molecule has 0 atom stereocenters. The molecule has 0 aliphatic rings. The van der Waals surface area contributed by atoms with Crippen molar-refractivity contribution in [1.82, 2.24) is 4.98 Å². The van der Waals surface area contributed by atoms with Gasteiger partial charge in [0.15, 0.2) is 0 Å². The van der Waals surface area contributed by atoms with Crippen LogP contribution in [-0.4, -0.2) is 11.0 Å². The van der Waals surface area contributed by atoms with Crippen molar-refractivity contribution >= 4 is 38.3 Å². The van der Waals surface area contributed by atoms with Crippen LogP contribution >= 0.6 is 11.3 Å². The zero-order valence-corrected chi connectivity index (χ0v) is 13.8. The number of esters is 1. The molecule has 4 aromatic rings. The molecule has 118 valence electrons. The van der Waals surface area contributed by atoms with Gasteiger partial charge in [-0.3, -0.25) is 4.79 Å². The Labute approximate surface area is 143 Å². The van der Waals surface area contributed by atoms with Gasteiger partial charge in [-0.05, 0) is 28.5 Å². The predicted molar refractivity (Wildman–Crippen MR) is 97.1 cm³/mol. The van der Waals surface area contributed by atoms with Crippen molar-refractivity contribution in [1.29, 1.82) is 0 Å². The van der Waals surface area contributed by atoms with Crippen molar-refractivity contribution in [3.05, 3.63) is 77.3 Å². The second-order valence-electron chi connectivity index (χ2n) is 5.55. The first-order valence-corrected chi connectivity index (χ1v) is 8.58. The van der Waals surface area contributed by atoms with Gasteiger partial charge in [-0.15, -0.1) is 11.3 Å². The Hall–Kier alpha value is -2.72. The maximum atomic E-state index is 12.2. The maximum absolute atomic E-state index is 12.2. The summed E-state index contributed by atoms with van der Waals surface area (Å²) >= 11 is 1.56. The number of fused-ring (bicyclic) bond motifs is 2. The first kappa shape index (κ1) is 14.8. The molecule has 0 saturated heterocycles. The van der Waals surface area contributed by atoms with Crippen LogP contribution in [0.3, 0.4) is 0 Å². The predicted octanol–water partition coefficient (Wildman–Crippen LogP) is 4.74. The molecule has 0 spiro atoms. The van der Waals surface area contributed by atoms with Crippen LogP contribution in [0.25, 0.3) is 21.0 Å². The Kier molecular flexibility index (Phi) is 3.97. The molecule has 24 heavy (non-hydrogen) atoms. The van der Waals surface area contributed by atoms with Crippen molar-refractivity contribution < 1.29 is 9.53 Å². The summed E-state index contributed by atoms with van der Waals surface area (Å²) in [5.41, 5.74) is 1.94. The van der Waals surface area contributed by atoms with Crippen LogP contribution in [-0.2, 0) is 22.6 Å². The number of hydrogen-bond donors (Lipinski definition) is 0. The summed E-state index contributed by atoms with van der Waals surface area (Å²) in [7, 11) is 0. The summed E-state index contributed by atoms with van der Waals surface area (Å²) in [5, 5.41) is 3.05. The number of thiazole rings is 1. The minimum atomic E-state index is -0.231. The summed E-state index contributed by atoms with van der Waals surface area (Å²) in [6.07, 6.45) is 0.270. The number of carbonyl (C=O) groups excluding carboxylic acids is 1. The molecule has 4 heteroatoms. The zero-order chi connectivity index (χ0) is 16.4. The summed E-state index contributed by atoms with van der Waals surface area (Å²) in [4.78, 5) is 16.7. The second-order valence-corrected chi connectivity index (χ2v) is 6.67. The van der Waals surface area contributed by atoms with E-state index in [1.807, 2.05) is 66.7 Å². The Balaban J connectivity index is 1.46. The normalized spacial score (nSPS) is 11.0. The lowest BCUT2D eigenvalue weighted by atomic mass is 10.0. The van der Waals surface area contributed by atoms with Crippen LogP contribution in [0.4, 0.5) is 0 Å². The standard InChI is InChI=1S/C20H15NO2S/c22-20(12-15-8-5-7-14-6-1-2-9-16(14)15)23-13-19-21-17-10-3-4-11-18(17)24-19/h1-11H,12-13H2. The summed E-state index contributed by atoms with van der Waals surface area (Å²) in [6, 6.07) is 22.0. The smallest absolute Gasteiger partial charge is 0.310 e. The first-order valence-electron chi connectivity index (χ1n) is 7.76. The molecule has 0 fully saturated rings. The van der Waals surface area contributed by atoms with Crippen molar-refractivity contribution in [2.45, 2.75) is 13.0 Å². The average molecular weight is 333 g/mol. The highest BCUT2D eigenvalue weighted by molar-refractivity contribution is 7.18. The molecule has 1 aromatic heterocycles. The average Bonchev–Trinajstić information content (AvgIpc) is 3.03. The molecule has 0 bridgehead atoms.